The zero-order chi connectivity index (χ0) is 12.1. The molecule has 90 valence electrons. The van der Waals surface area contributed by atoms with Gasteiger partial charge in [0.2, 0.25) is 0 Å². The topological polar surface area (TPSA) is 44.5 Å². The van der Waals surface area contributed by atoms with Gasteiger partial charge in [-0.15, -0.1) is 0 Å². The summed E-state index contributed by atoms with van der Waals surface area (Å²) in [6.45, 7) is 4.26. The van der Waals surface area contributed by atoms with E-state index in [0.29, 0.717) is 12.2 Å². The lowest BCUT2D eigenvalue weighted by Crippen LogP contribution is -2.27. The monoisotopic (exact) mass is 227 g/mol. The fraction of sp³-hybridized carbons (Fsp3) is 0.500. The zero-order valence-electron chi connectivity index (χ0n) is 9.87. The van der Waals surface area contributed by atoms with Crippen molar-refractivity contribution in [2.24, 2.45) is 5.73 Å². The molecule has 2 atom stereocenters. The average Bonchev–Trinajstić information content (AvgIpc) is 2.29. The minimum absolute atomic E-state index is 0.205. The summed E-state index contributed by atoms with van der Waals surface area (Å²) in [6.07, 6.45) is -0.230. The number of hydrogen-bond donors (Lipinski definition) is 1. The minimum atomic E-state index is -0.491. The Hall–Kier alpha value is -1.13. The van der Waals surface area contributed by atoms with Crippen LogP contribution in [0.5, 0.6) is 5.75 Å². The highest BCUT2D eigenvalue weighted by Crippen LogP contribution is 2.26. The van der Waals surface area contributed by atoms with Gasteiger partial charge in [0, 0.05) is 12.2 Å². The Balaban J connectivity index is 2.94. The number of halogens is 1. The molecule has 2 unspecified atom stereocenters. The van der Waals surface area contributed by atoms with Crippen LogP contribution in [0.4, 0.5) is 4.39 Å². The second-order valence-electron chi connectivity index (χ2n) is 3.55. The van der Waals surface area contributed by atoms with Crippen LogP contribution in [0.1, 0.15) is 25.5 Å². The number of ether oxygens (including phenoxy) is 2. The molecule has 0 spiro atoms. The number of methoxy groups -OCH3 is 1. The van der Waals surface area contributed by atoms with Crippen molar-refractivity contribution >= 4 is 0 Å². The Morgan fingerprint density at radius 2 is 2.12 bits per heavy atom. The third-order valence-electron chi connectivity index (χ3n) is 2.51. The molecule has 16 heavy (non-hydrogen) atoms. The summed E-state index contributed by atoms with van der Waals surface area (Å²) in [5.41, 5.74) is 6.35. The summed E-state index contributed by atoms with van der Waals surface area (Å²) in [5.74, 6) is -0.208. The molecule has 1 rings (SSSR count). The first kappa shape index (κ1) is 12.9. The van der Waals surface area contributed by atoms with E-state index in [-0.39, 0.29) is 11.9 Å². The lowest BCUT2D eigenvalue weighted by molar-refractivity contribution is 0.0565. The Morgan fingerprint density at radius 1 is 1.44 bits per heavy atom. The lowest BCUT2D eigenvalue weighted by Gasteiger charge is -2.21. The summed E-state index contributed by atoms with van der Waals surface area (Å²) in [7, 11) is 1.43. The van der Waals surface area contributed by atoms with Crippen LogP contribution >= 0.6 is 0 Å². The molecule has 0 aromatic heterocycles. The fourth-order valence-electron chi connectivity index (χ4n) is 1.56. The summed E-state index contributed by atoms with van der Waals surface area (Å²) >= 11 is 0. The van der Waals surface area contributed by atoms with Crippen LogP contribution < -0.4 is 10.5 Å². The van der Waals surface area contributed by atoms with E-state index in [1.54, 1.807) is 18.2 Å². The van der Waals surface area contributed by atoms with Crippen LogP contribution in [0.3, 0.4) is 0 Å². The van der Waals surface area contributed by atoms with Gasteiger partial charge in [0.1, 0.15) is 0 Å². The normalized spacial score (nSPS) is 14.6. The van der Waals surface area contributed by atoms with Crippen molar-refractivity contribution in [2.45, 2.75) is 26.0 Å². The first-order chi connectivity index (χ1) is 7.61. The van der Waals surface area contributed by atoms with Gasteiger partial charge in [0.25, 0.3) is 0 Å². The summed E-state index contributed by atoms with van der Waals surface area (Å²) in [4.78, 5) is 0. The quantitative estimate of drug-likeness (QED) is 0.839. The predicted molar refractivity (Wildman–Crippen MR) is 61.0 cm³/mol. The summed E-state index contributed by atoms with van der Waals surface area (Å²) < 4.78 is 24.1. The third-order valence-corrected chi connectivity index (χ3v) is 2.51. The van der Waals surface area contributed by atoms with Gasteiger partial charge >= 0.3 is 0 Å². The van der Waals surface area contributed by atoms with Crippen molar-refractivity contribution in [3.05, 3.63) is 29.6 Å². The largest absolute Gasteiger partial charge is 0.494 e. The van der Waals surface area contributed by atoms with Crippen molar-refractivity contribution in [2.75, 3.05) is 13.7 Å². The van der Waals surface area contributed by atoms with Crippen LogP contribution in [0.2, 0.25) is 0 Å². The maximum Gasteiger partial charge on any atom is 0.169 e. The zero-order valence-corrected chi connectivity index (χ0v) is 9.87. The van der Waals surface area contributed by atoms with Crippen molar-refractivity contribution in [1.29, 1.82) is 0 Å². The van der Waals surface area contributed by atoms with E-state index in [9.17, 15) is 4.39 Å². The maximum absolute atomic E-state index is 13.9. The molecule has 0 radical (unpaired) electrons. The second kappa shape index (κ2) is 5.82. The minimum Gasteiger partial charge on any atom is -0.494 e. The SMILES string of the molecule is CCOC(C)C(N)c1cccc(OC)c1F. The van der Waals surface area contributed by atoms with Gasteiger partial charge in [-0.3, -0.25) is 0 Å². The van der Waals surface area contributed by atoms with Crippen LogP contribution in [0, 0.1) is 5.82 Å². The molecule has 2 N–H and O–H groups in total. The molecule has 0 saturated heterocycles. The average molecular weight is 227 g/mol. The second-order valence-corrected chi connectivity index (χ2v) is 3.55. The van der Waals surface area contributed by atoms with E-state index in [4.69, 9.17) is 15.2 Å². The molecule has 0 aliphatic heterocycles. The highest BCUT2D eigenvalue weighted by molar-refractivity contribution is 5.33. The number of hydrogen-bond acceptors (Lipinski definition) is 3. The molecule has 1 aromatic rings. The van der Waals surface area contributed by atoms with Gasteiger partial charge in [-0.2, -0.15) is 0 Å². The van der Waals surface area contributed by atoms with E-state index in [1.807, 2.05) is 13.8 Å². The van der Waals surface area contributed by atoms with Gasteiger partial charge in [0.05, 0.1) is 19.3 Å². The Kier molecular flexibility index (Phi) is 4.71. The molecule has 0 aliphatic rings. The van der Waals surface area contributed by atoms with Crippen LogP contribution in [0.15, 0.2) is 18.2 Å². The Bertz CT molecular complexity index is 344. The van der Waals surface area contributed by atoms with E-state index in [2.05, 4.69) is 0 Å². The van der Waals surface area contributed by atoms with Gasteiger partial charge in [0.15, 0.2) is 11.6 Å². The lowest BCUT2D eigenvalue weighted by atomic mass is 10.0. The van der Waals surface area contributed by atoms with Crippen LogP contribution in [-0.2, 0) is 4.74 Å². The Labute approximate surface area is 95.4 Å². The number of nitrogens with two attached hydrogens (primary N) is 1. The molecule has 0 heterocycles. The summed E-state index contributed by atoms with van der Waals surface area (Å²) in [5, 5.41) is 0. The molecule has 0 amide bonds. The van der Waals surface area contributed by atoms with Gasteiger partial charge in [-0.1, -0.05) is 12.1 Å². The molecule has 4 heteroatoms. The Morgan fingerprint density at radius 3 is 2.69 bits per heavy atom. The standard InChI is InChI=1S/C12H18FNO2/c1-4-16-8(2)12(14)9-6-5-7-10(15-3)11(9)13/h5-8,12H,4,14H2,1-3H3. The fourth-order valence-corrected chi connectivity index (χ4v) is 1.56. The third kappa shape index (κ3) is 2.71. The first-order valence-electron chi connectivity index (χ1n) is 5.31. The van der Waals surface area contributed by atoms with Gasteiger partial charge < -0.3 is 15.2 Å². The highest BCUT2D eigenvalue weighted by atomic mass is 19.1. The van der Waals surface area contributed by atoms with Crippen molar-refractivity contribution < 1.29 is 13.9 Å². The molecule has 0 fully saturated rings. The van der Waals surface area contributed by atoms with Crippen molar-refractivity contribution in [3.8, 4) is 5.75 Å². The van der Waals surface area contributed by atoms with Crippen LogP contribution in [-0.4, -0.2) is 19.8 Å². The van der Waals surface area contributed by atoms with Gasteiger partial charge in [-0.05, 0) is 19.9 Å². The van der Waals surface area contributed by atoms with Gasteiger partial charge in [-0.25, -0.2) is 4.39 Å². The van der Waals surface area contributed by atoms with E-state index in [0.717, 1.165) is 0 Å². The van der Waals surface area contributed by atoms with E-state index in [1.165, 1.54) is 7.11 Å². The van der Waals surface area contributed by atoms with Crippen molar-refractivity contribution in [1.82, 2.24) is 0 Å². The molecular weight excluding hydrogens is 209 g/mol. The maximum atomic E-state index is 13.9. The molecule has 0 aliphatic carbocycles. The molecule has 0 saturated carbocycles. The number of benzene rings is 1. The molecule has 1 aromatic carbocycles. The van der Waals surface area contributed by atoms with Crippen molar-refractivity contribution in [3.63, 3.8) is 0 Å². The van der Waals surface area contributed by atoms with Crippen LogP contribution in [0.25, 0.3) is 0 Å². The predicted octanol–water partition coefficient (Wildman–Crippen LogP) is 2.26. The molecule has 3 nitrogen and oxygen atoms in total. The number of rotatable bonds is 5. The van der Waals surface area contributed by atoms with E-state index < -0.39 is 11.9 Å². The molecule has 0 bridgehead atoms. The summed E-state index contributed by atoms with van der Waals surface area (Å²) in [6, 6.07) is 4.44. The first-order valence-corrected chi connectivity index (χ1v) is 5.31. The smallest absolute Gasteiger partial charge is 0.169 e. The molecular formula is C12H18FNO2. The van der Waals surface area contributed by atoms with E-state index >= 15 is 0 Å². The highest BCUT2D eigenvalue weighted by Gasteiger charge is 2.20.